The monoisotopic (exact) mass is 333 g/mol. The third-order valence-corrected chi connectivity index (χ3v) is 4.32. The number of nitrogens with one attached hydrogen (secondary N) is 1. The van der Waals surface area contributed by atoms with Crippen molar-refractivity contribution in [3.8, 4) is 0 Å². The molecule has 1 fully saturated rings. The molecule has 0 saturated carbocycles. The summed E-state index contributed by atoms with van der Waals surface area (Å²) in [6.45, 7) is 10.9. The second-order valence-corrected chi connectivity index (χ2v) is 6.50. The lowest BCUT2D eigenvalue weighted by molar-refractivity contribution is -0.0370. The van der Waals surface area contributed by atoms with E-state index in [1.54, 1.807) is 29.2 Å². The van der Waals surface area contributed by atoms with Crippen LogP contribution in [0.3, 0.4) is 0 Å². The number of anilines is 1. The van der Waals surface area contributed by atoms with Gasteiger partial charge in [0, 0.05) is 30.9 Å². The lowest BCUT2D eigenvalue weighted by atomic mass is 10.0. The molecule has 24 heavy (non-hydrogen) atoms. The van der Waals surface area contributed by atoms with Crippen LogP contribution in [0.2, 0.25) is 0 Å². The van der Waals surface area contributed by atoms with Crippen LogP contribution in [0.15, 0.2) is 24.3 Å². The van der Waals surface area contributed by atoms with Gasteiger partial charge < -0.3 is 19.9 Å². The minimum atomic E-state index is -0.315. The first-order chi connectivity index (χ1) is 11.4. The van der Waals surface area contributed by atoms with E-state index >= 15 is 0 Å². The van der Waals surface area contributed by atoms with Crippen molar-refractivity contribution in [2.24, 2.45) is 0 Å². The third-order valence-electron chi connectivity index (χ3n) is 4.32. The highest BCUT2D eigenvalue weighted by Crippen LogP contribution is 2.22. The quantitative estimate of drug-likeness (QED) is 0.921. The van der Waals surface area contributed by atoms with Crippen LogP contribution in [-0.4, -0.2) is 60.1 Å². The van der Waals surface area contributed by atoms with Crippen LogP contribution in [0.5, 0.6) is 0 Å². The van der Waals surface area contributed by atoms with Gasteiger partial charge in [-0.15, -0.1) is 0 Å². The summed E-state index contributed by atoms with van der Waals surface area (Å²) in [4.78, 5) is 28.3. The Morgan fingerprint density at radius 2 is 1.83 bits per heavy atom. The molecule has 0 atom stereocenters. The average Bonchev–Trinajstić information content (AvgIpc) is 2.55. The molecule has 1 aromatic carbocycles. The molecule has 3 amide bonds. The van der Waals surface area contributed by atoms with Gasteiger partial charge in [-0.05, 0) is 52.0 Å². The Labute approximate surface area is 143 Å². The molecule has 132 valence electrons. The maximum absolute atomic E-state index is 12.7. The molecule has 0 spiro atoms. The second kappa shape index (κ2) is 7.66. The molecule has 1 N–H and O–H groups in total. The number of hydrogen-bond acceptors (Lipinski definition) is 3. The number of hydrogen-bond donors (Lipinski definition) is 1. The Kier molecular flexibility index (Phi) is 5.83. The standard InChI is InChI=1S/C18H27N3O3/c1-5-20(6-2)17(23)19-15-9-7-14(8-10-15)16(22)21-11-12-24-13-18(21,3)4/h7-10H,5-6,11-13H2,1-4H3,(H,19,23). The van der Waals surface area contributed by atoms with E-state index in [0.29, 0.717) is 44.1 Å². The van der Waals surface area contributed by atoms with E-state index < -0.39 is 0 Å². The van der Waals surface area contributed by atoms with Gasteiger partial charge in [-0.3, -0.25) is 4.79 Å². The van der Waals surface area contributed by atoms with Crippen LogP contribution in [0.4, 0.5) is 10.5 Å². The lowest BCUT2D eigenvalue weighted by Gasteiger charge is -2.42. The van der Waals surface area contributed by atoms with Crippen LogP contribution in [0, 0.1) is 0 Å². The summed E-state index contributed by atoms with van der Waals surface area (Å²) in [5.74, 6) is -0.00933. The predicted octanol–water partition coefficient (Wildman–Crippen LogP) is 2.81. The van der Waals surface area contributed by atoms with E-state index in [4.69, 9.17) is 4.74 Å². The molecule has 0 aromatic heterocycles. The van der Waals surface area contributed by atoms with E-state index in [-0.39, 0.29) is 17.5 Å². The minimum absolute atomic E-state index is 0.00933. The fourth-order valence-corrected chi connectivity index (χ4v) is 2.80. The van der Waals surface area contributed by atoms with Crippen molar-refractivity contribution in [2.45, 2.75) is 33.2 Å². The Balaban J connectivity index is 2.06. The SMILES string of the molecule is CCN(CC)C(=O)Nc1ccc(C(=O)N2CCOCC2(C)C)cc1. The highest BCUT2D eigenvalue weighted by atomic mass is 16.5. The van der Waals surface area contributed by atoms with Crippen molar-refractivity contribution in [2.75, 3.05) is 38.2 Å². The number of carbonyl (C=O) groups is 2. The third kappa shape index (κ3) is 4.06. The van der Waals surface area contributed by atoms with Crippen molar-refractivity contribution in [1.82, 2.24) is 9.80 Å². The zero-order valence-corrected chi connectivity index (χ0v) is 15.0. The van der Waals surface area contributed by atoms with Crippen molar-refractivity contribution < 1.29 is 14.3 Å². The molecule has 0 radical (unpaired) electrons. The summed E-state index contributed by atoms with van der Waals surface area (Å²) < 4.78 is 5.46. The molecule has 1 aliphatic rings. The molecular formula is C18H27N3O3. The van der Waals surface area contributed by atoms with Gasteiger partial charge in [-0.2, -0.15) is 0 Å². The van der Waals surface area contributed by atoms with Gasteiger partial charge in [0.05, 0.1) is 18.8 Å². The molecule has 0 aliphatic carbocycles. The minimum Gasteiger partial charge on any atom is -0.377 e. The van der Waals surface area contributed by atoms with E-state index in [9.17, 15) is 9.59 Å². The molecular weight excluding hydrogens is 306 g/mol. The molecule has 1 aromatic rings. The fourth-order valence-electron chi connectivity index (χ4n) is 2.80. The van der Waals surface area contributed by atoms with Gasteiger partial charge in [-0.1, -0.05) is 0 Å². The van der Waals surface area contributed by atoms with Crippen LogP contribution in [-0.2, 0) is 4.74 Å². The number of urea groups is 1. The topological polar surface area (TPSA) is 61.9 Å². The Morgan fingerprint density at radius 3 is 2.38 bits per heavy atom. The summed E-state index contributed by atoms with van der Waals surface area (Å²) in [6.07, 6.45) is 0. The van der Waals surface area contributed by atoms with Crippen LogP contribution < -0.4 is 5.32 Å². The molecule has 0 unspecified atom stereocenters. The number of benzene rings is 1. The van der Waals surface area contributed by atoms with E-state index in [1.807, 2.05) is 32.6 Å². The molecule has 6 nitrogen and oxygen atoms in total. The fraction of sp³-hybridized carbons (Fsp3) is 0.556. The number of amides is 3. The maximum atomic E-state index is 12.7. The van der Waals surface area contributed by atoms with Gasteiger partial charge in [0.25, 0.3) is 5.91 Å². The Bertz CT molecular complexity index is 580. The molecule has 2 rings (SSSR count). The smallest absolute Gasteiger partial charge is 0.321 e. The zero-order chi connectivity index (χ0) is 17.7. The largest absolute Gasteiger partial charge is 0.377 e. The van der Waals surface area contributed by atoms with E-state index in [2.05, 4.69) is 5.32 Å². The van der Waals surface area contributed by atoms with Crippen LogP contribution in [0.1, 0.15) is 38.1 Å². The van der Waals surface area contributed by atoms with Gasteiger partial charge in [0.2, 0.25) is 0 Å². The van der Waals surface area contributed by atoms with Crippen molar-refractivity contribution in [1.29, 1.82) is 0 Å². The van der Waals surface area contributed by atoms with Crippen LogP contribution in [0.25, 0.3) is 0 Å². The first kappa shape index (κ1) is 18.3. The zero-order valence-electron chi connectivity index (χ0n) is 15.0. The summed E-state index contributed by atoms with van der Waals surface area (Å²) in [5.41, 5.74) is 0.987. The number of nitrogens with zero attached hydrogens (tertiary/aromatic N) is 2. The molecule has 1 aliphatic heterocycles. The summed E-state index contributed by atoms with van der Waals surface area (Å²) in [7, 11) is 0. The number of carbonyl (C=O) groups excluding carboxylic acids is 2. The van der Waals surface area contributed by atoms with E-state index in [1.165, 1.54) is 0 Å². The van der Waals surface area contributed by atoms with Gasteiger partial charge in [-0.25, -0.2) is 4.79 Å². The molecule has 1 heterocycles. The summed E-state index contributed by atoms with van der Waals surface area (Å²) in [6, 6.07) is 6.91. The average molecular weight is 333 g/mol. The van der Waals surface area contributed by atoms with Crippen molar-refractivity contribution >= 4 is 17.6 Å². The first-order valence-electron chi connectivity index (χ1n) is 8.44. The highest BCUT2D eigenvalue weighted by molar-refractivity contribution is 5.96. The van der Waals surface area contributed by atoms with E-state index in [0.717, 1.165) is 0 Å². The molecule has 1 saturated heterocycles. The van der Waals surface area contributed by atoms with Crippen molar-refractivity contribution in [3.63, 3.8) is 0 Å². The van der Waals surface area contributed by atoms with Gasteiger partial charge >= 0.3 is 6.03 Å². The molecule has 6 heteroatoms. The Hall–Kier alpha value is -2.08. The second-order valence-electron chi connectivity index (χ2n) is 6.50. The van der Waals surface area contributed by atoms with Gasteiger partial charge in [0.1, 0.15) is 0 Å². The number of morpholine rings is 1. The Morgan fingerprint density at radius 1 is 1.21 bits per heavy atom. The number of ether oxygens (including phenoxy) is 1. The maximum Gasteiger partial charge on any atom is 0.321 e. The highest BCUT2D eigenvalue weighted by Gasteiger charge is 2.34. The predicted molar refractivity (Wildman–Crippen MR) is 94.3 cm³/mol. The van der Waals surface area contributed by atoms with Crippen molar-refractivity contribution in [3.05, 3.63) is 29.8 Å². The summed E-state index contributed by atoms with van der Waals surface area (Å²) >= 11 is 0. The summed E-state index contributed by atoms with van der Waals surface area (Å²) in [5, 5.41) is 2.85. The molecule has 0 bridgehead atoms. The number of rotatable bonds is 4. The lowest BCUT2D eigenvalue weighted by Crippen LogP contribution is -2.55. The first-order valence-corrected chi connectivity index (χ1v) is 8.44. The van der Waals surface area contributed by atoms with Crippen LogP contribution >= 0.6 is 0 Å². The normalized spacial score (nSPS) is 16.6. The van der Waals surface area contributed by atoms with Gasteiger partial charge in [0.15, 0.2) is 0 Å².